The van der Waals surface area contributed by atoms with Crippen LogP contribution >= 0.6 is 27.5 Å². The molecule has 3 rings (SSSR count). The van der Waals surface area contributed by atoms with Gasteiger partial charge in [0.1, 0.15) is 11.8 Å². The smallest absolute Gasteiger partial charge is 0.261 e. The summed E-state index contributed by atoms with van der Waals surface area (Å²) >= 11 is 9.51. The lowest BCUT2D eigenvalue weighted by molar-refractivity contribution is -0.142. The van der Waals surface area contributed by atoms with E-state index in [0.717, 1.165) is 15.6 Å². The zero-order chi connectivity index (χ0) is 23.6. The van der Waals surface area contributed by atoms with Crippen LogP contribution in [0.5, 0.6) is 5.75 Å². The van der Waals surface area contributed by atoms with E-state index in [1.54, 1.807) is 29.2 Å². The SMILES string of the molecule is CCNC(=O)[C@@H](Cc1ccccc1)N(Cc1cccc(Br)c1)C(=O)COc1cccc(Cl)c1. The van der Waals surface area contributed by atoms with Gasteiger partial charge in [-0.1, -0.05) is 76.1 Å². The molecule has 2 amide bonds. The molecule has 0 unspecified atom stereocenters. The maximum absolute atomic E-state index is 13.4. The molecule has 0 spiro atoms. The van der Waals surface area contributed by atoms with Crippen molar-refractivity contribution in [2.75, 3.05) is 13.2 Å². The van der Waals surface area contributed by atoms with Gasteiger partial charge in [0.2, 0.25) is 5.91 Å². The highest BCUT2D eigenvalue weighted by Gasteiger charge is 2.30. The van der Waals surface area contributed by atoms with Crippen molar-refractivity contribution in [2.45, 2.75) is 25.9 Å². The Bertz CT molecular complexity index is 1080. The molecule has 172 valence electrons. The summed E-state index contributed by atoms with van der Waals surface area (Å²) in [7, 11) is 0. The molecule has 0 saturated heterocycles. The first-order chi connectivity index (χ1) is 16.0. The van der Waals surface area contributed by atoms with Crippen molar-refractivity contribution in [1.29, 1.82) is 0 Å². The summed E-state index contributed by atoms with van der Waals surface area (Å²) in [6.45, 7) is 2.40. The van der Waals surface area contributed by atoms with Crippen LogP contribution < -0.4 is 10.1 Å². The molecule has 0 bridgehead atoms. The first kappa shape index (κ1) is 24.8. The van der Waals surface area contributed by atoms with Crippen molar-refractivity contribution in [1.82, 2.24) is 10.2 Å². The summed E-state index contributed by atoms with van der Waals surface area (Å²) < 4.78 is 6.62. The summed E-state index contributed by atoms with van der Waals surface area (Å²) in [5, 5.41) is 3.40. The fourth-order valence-corrected chi connectivity index (χ4v) is 4.09. The molecule has 1 atom stereocenters. The number of benzene rings is 3. The number of ether oxygens (including phenoxy) is 1. The van der Waals surface area contributed by atoms with Crippen LogP contribution in [0.1, 0.15) is 18.1 Å². The van der Waals surface area contributed by atoms with E-state index in [1.807, 2.05) is 61.5 Å². The van der Waals surface area contributed by atoms with Gasteiger partial charge in [0.15, 0.2) is 6.61 Å². The van der Waals surface area contributed by atoms with Gasteiger partial charge in [-0.15, -0.1) is 0 Å². The fraction of sp³-hybridized carbons (Fsp3) is 0.231. The average molecular weight is 530 g/mol. The Labute approximate surface area is 207 Å². The van der Waals surface area contributed by atoms with E-state index < -0.39 is 6.04 Å². The number of amides is 2. The van der Waals surface area contributed by atoms with Gasteiger partial charge in [0.25, 0.3) is 5.91 Å². The molecule has 0 aliphatic carbocycles. The quantitative estimate of drug-likeness (QED) is 0.390. The highest BCUT2D eigenvalue weighted by atomic mass is 79.9. The van der Waals surface area contributed by atoms with Gasteiger partial charge in [-0.3, -0.25) is 9.59 Å². The van der Waals surface area contributed by atoms with Crippen LogP contribution in [0.15, 0.2) is 83.3 Å². The third-order valence-electron chi connectivity index (χ3n) is 5.02. The summed E-state index contributed by atoms with van der Waals surface area (Å²) in [4.78, 5) is 28.1. The number of nitrogens with one attached hydrogen (secondary N) is 1. The Morgan fingerprint density at radius 3 is 2.42 bits per heavy atom. The van der Waals surface area contributed by atoms with Crippen molar-refractivity contribution < 1.29 is 14.3 Å². The molecule has 0 saturated carbocycles. The van der Waals surface area contributed by atoms with E-state index in [4.69, 9.17) is 16.3 Å². The van der Waals surface area contributed by atoms with E-state index >= 15 is 0 Å². The van der Waals surface area contributed by atoms with Crippen molar-refractivity contribution in [2.24, 2.45) is 0 Å². The topological polar surface area (TPSA) is 58.6 Å². The lowest BCUT2D eigenvalue weighted by Gasteiger charge is -2.31. The largest absolute Gasteiger partial charge is 0.484 e. The molecule has 0 heterocycles. The normalized spacial score (nSPS) is 11.5. The van der Waals surface area contributed by atoms with E-state index in [1.165, 1.54) is 0 Å². The van der Waals surface area contributed by atoms with E-state index in [9.17, 15) is 9.59 Å². The van der Waals surface area contributed by atoms with Crippen molar-refractivity contribution in [3.8, 4) is 5.75 Å². The molecule has 0 aliphatic rings. The summed E-state index contributed by atoms with van der Waals surface area (Å²) in [6.07, 6.45) is 0.392. The molecule has 5 nitrogen and oxygen atoms in total. The number of carbonyl (C=O) groups is 2. The first-order valence-corrected chi connectivity index (χ1v) is 11.9. The van der Waals surface area contributed by atoms with Gasteiger partial charge in [-0.25, -0.2) is 0 Å². The van der Waals surface area contributed by atoms with E-state index in [-0.39, 0.29) is 25.0 Å². The van der Waals surface area contributed by atoms with Crippen LogP contribution in [-0.2, 0) is 22.6 Å². The Balaban J connectivity index is 1.89. The molecule has 3 aromatic carbocycles. The summed E-state index contributed by atoms with van der Waals surface area (Å²) in [6, 6.07) is 23.6. The number of rotatable bonds is 10. The standard InChI is InChI=1S/C26H26BrClN2O3/c1-2-29-26(32)24(15-19-8-4-3-5-9-19)30(17-20-10-6-11-21(27)14-20)25(31)18-33-23-13-7-12-22(28)16-23/h3-14,16,24H,2,15,17-18H2,1H3,(H,29,32)/t24-/m1/s1. The highest BCUT2D eigenvalue weighted by molar-refractivity contribution is 9.10. The zero-order valence-electron chi connectivity index (χ0n) is 18.3. The Hall–Kier alpha value is -2.83. The predicted molar refractivity (Wildman–Crippen MR) is 134 cm³/mol. The predicted octanol–water partition coefficient (Wildman–Crippen LogP) is 5.26. The Kier molecular flexibility index (Phi) is 9.34. The van der Waals surface area contributed by atoms with Crippen molar-refractivity contribution in [3.63, 3.8) is 0 Å². The fourth-order valence-electron chi connectivity index (χ4n) is 3.46. The van der Waals surface area contributed by atoms with Crippen LogP contribution in [0.4, 0.5) is 0 Å². The number of hydrogen-bond donors (Lipinski definition) is 1. The van der Waals surface area contributed by atoms with Crippen molar-refractivity contribution in [3.05, 3.63) is 99.5 Å². The lowest BCUT2D eigenvalue weighted by atomic mass is 10.0. The molecule has 0 fully saturated rings. The second-order valence-electron chi connectivity index (χ2n) is 7.50. The van der Waals surface area contributed by atoms with Crippen LogP contribution in [0.25, 0.3) is 0 Å². The number of carbonyl (C=O) groups excluding carboxylic acids is 2. The average Bonchev–Trinajstić information content (AvgIpc) is 2.80. The molecular formula is C26H26BrClN2O3. The van der Waals surface area contributed by atoms with Gasteiger partial charge in [-0.2, -0.15) is 0 Å². The van der Waals surface area contributed by atoms with E-state index in [0.29, 0.717) is 23.7 Å². The van der Waals surface area contributed by atoms with Gasteiger partial charge >= 0.3 is 0 Å². The molecular weight excluding hydrogens is 504 g/mol. The highest BCUT2D eigenvalue weighted by Crippen LogP contribution is 2.20. The van der Waals surface area contributed by atoms with Crippen LogP contribution in [0.3, 0.4) is 0 Å². The minimum Gasteiger partial charge on any atom is -0.484 e. The summed E-state index contributed by atoms with van der Waals surface area (Å²) in [5.41, 5.74) is 1.87. The molecule has 0 aliphatic heterocycles. The molecule has 0 radical (unpaired) electrons. The number of hydrogen-bond acceptors (Lipinski definition) is 3. The second kappa shape index (κ2) is 12.4. The number of halogens is 2. The Morgan fingerprint density at radius 1 is 1.00 bits per heavy atom. The van der Waals surface area contributed by atoms with E-state index in [2.05, 4.69) is 21.2 Å². The third-order valence-corrected chi connectivity index (χ3v) is 5.75. The summed E-state index contributed by atoms with van der Waals surface area (Å²) in [5.74, 6) is 0.00506. The van der Waals surface area contributed by atoms with Gasteiger partial charge in [-0.05, 0) is 48.4 Å². The first-order valence-electron chi connectivity index (χ1n) is 10.7. The van der Waals surface area contributed by atoms with Gasteiger partial charge in [0.05, 0.1) is 0 Å². The van der Waals surface area contributed by atoms with Crippen molar-refractivity contribution >= 4 is 39.3 Å². The molecule has 0 aromatic heterocycles. The maximum atomic E-state index is 13.4. The lowest BCUT2D eigenvalue weighted by Crippen LogP contribution is -2.51. The minimum atomic E-state index is -0.693. The molecule has 1 N–H and O–H groups in total. The molecule has 3 aromatic rings. The Morgan fingerprint density at radius 2 is 1.73 bits per heavy atom. The molecule has 33 heavy (non-hydrogen) atoms. The molecule has 7 heteroatoms. The van der Waals surface area contributed by atoms with Crippen LogP contribution in [-0.4, -0.2) is 35.9 Å². The van der Waals surface area contributed by atoms with Crippen LogP contribution in [0.2, 0.25) is 5.02 Å². The monoisotopic (exact) mass is 528 g/mol. The minimum absolute atomic E-state index is 0.201. The van der Waals surface area contributed by atoms with Gasteiger partial charge < -0.3 is 15.0 Å². The number of likely N-dealkylation sites (N-methyl/N-ethyl adjacent to an activating group) is 1. The maximum Gasteiger partial charge on any atom is 0.261 e. The number of nitrogens with zero attached hydrogens (tertiary/aromatic N) is 1. The van der Waals surface area contributed by atoms with Gasteiger partial charge in [0, 0.05) is 29.0 Å². The second-order valence-corrected chi connectivity index (χ2v) is 8.85. The zero-order valence-corrected chi connectivity index (χ0v) is 20.7. The third kappa shape index (κ3) is 7.62. The van der Waals surface area contributed by atoms with Crippen LogP contribution in [0, 0.1) is 0 Å².